The van der Waals surface area contributed by atoms with Gasteiger partial charge in [0.15, 0.2) is 0 Å². The van der Waals surface area contributed by atoms with Crippen molar-refractivity contribution in [2.45, 2.75) is 0 Å². The van der Waals surface area contributed by atoms with Gasteiger partial charge in [-0.3, -0.25) is 4.57 Å². The van der Waals surface area contributed by atoms with Crippen molar-refractivity contribution in [2.75, 3.05) is 7.11 Å². The lowest BCUT2D eigenvalue weighted by molar-refractivity contribution is 0.396. The molecule has 0 aliphatic rings. The first-order valence-corrected chi connectivity index (χ1v) is 7.36. The summed E-state index contributed by atoms with van der Waals surface area (Å²) in [5.74, 6) is 1.26. The van der Waals surface area contributed by atoms with Gasteiger partial charge in [-0.15, -0.1) is 0 Å². The van der Waals surface area contributed by atoms with Crippen LogP contribution in [0.25, 0.3) is 17.1 Å². The second kappa shape index (κ2) is 5.87. The molecule has 2 heterocycles. The molecule has 0 saturated carbocycles. The van der Waals surface area contributed by atoms with Gasteiger partial charge in [-0.1, -0.05) is 41.9 Å². The Hall–Kier alpha value is -1.85. The number of hydrogen-bond donors (Lipinski definition) is 0. The third kappa shape index (κ3) is 2.66. The topological polar surface area (TPSA) is 39.9 Å². The van der Waals surface area contributed by atoms with Crippen LogP contribution in [-0.4, -0.2) is 21.6 Å². The van der Waals surface area contributed by atoms with E-state index in [1.165, 1.54) is 0 Å². The third-order valence-electron chi connectivity index (χ3n) is 2.98. The fourth-order valence-electron chi connectivity index (χ4n) is 2.08. The van der Waals surface area contributed by atoms with Crippen molar-refractivity contribution >= 4 is 27.5 Å². The van der Waals surface area contributed by atoms with E-state index in [-0.39, 0.29) is 0 Å². The molecule has 2 aromatic heterocycles. The number of imidazole rings is 1. The number of rotatable bonds is 3. The molecule has 0 saturated heterocycles. The summed E-state index contributed by atoms with van der Waals surface area (Å²) in [6.45, 7) is 0. The van der Waals surface area contributed by atoms with Crippen molar-refractivity contribution in [1.29, 1.82) is 0 Å². The molecular weight excluding hydrogens is 354 g/mol. The predicted molar refractivity (Wildman–Crippen MR) is 86.1 cm³/mol. The summed E-state index contributed by atoms with van der Waals surface area (Å²) in [5.41, 5.74) is 1.72. The summed E-state index contributed by atoms with van der Waals surface area (Å²) < 4.78 is 8.04. The monoisotopic (exact) mass is 363 g/mol. The summed E-state index contributed by atoms with van der Waals surface area (Å²) in [6.07, 6.45) is 3.29. The zero-order valence-electron chi connectivity index (χ0n) is 11.1. The van der Waals surface area contributed by atoms with E-state index in [4.69, 9.17) is 16.3 Å². The molecule has 0 spiro atoms. The second-order valence-electron chi connectivity index (χ2n) is 4.29. The first kappa shape index (κ1) is 14.1. The van der Waals surface area contributed by atoms with E-state index in [0.717, 1.165) is 21.7 Å². The van der Waals surface area contributed by atoms with Crippen LogP contribution < -0.4 is 4.74 Å². The number of methoxy groups -OCH3 is 1. The molecule has 0 bridgehead atoms. The molecular formula is C15H11BrClN3O. The maximum absolute atomic E-state index is 6.07. The molecule has 0 N–H and O–H groups in total. The fourth-order valence-corrected chi connectivity index (χ4v) is 2.70. The number of hydrogen-bond acceptors (Lipinski definition) is 3. The van der Waals surface area contributed by atoms with Crippen molar-refractivity contribution < 1.29 is 4.74 Å². The smallest absolute Gasteiger partial charge is 0.238 e. The molecule has 0 atom stereocenters. The van der Waals surface area contributed by atoms with Gasteiger partial charge >= 0.3 is 0 Å². The van der Waals surface area contributed by atoms with Gasteiger partial charge in [-0.05, 0) is 22.0 Å². The van der Waals surface area contributed by atoms with Gasteiger partial charge in [0.2, 0.25) is 5.88 Å². The molecule has 0 aliphatic heterocycles. The maximum atomic E-state index is 6.07. The molecule has 0 unspecified atom stereocenters. The van der Waals surface area contributed by atoms with Crippen molar-refractivity contribution in [3.63, 3.8) is 0 Å². The number of pyridine rings is 1. The highest BCUT2D eigenvalue weighted by atomic mass is 79.9. The van der Waals surface area contributed by atoms with Crippen LogP contribution in [0.4, 0.5) is 0 Å². The van der Waals surface area contributed by atoms with Gasteiger partial charge in [0, 0.05) is 11.8 Å². The van der Waals surface area contributed by atoms with Crippen LogP contribution in [0.15, 0.2) is 53.4 Å². The molecule has 1 aromatic carbocycles. The van der Waals surface area contributed by atoms with Crippen molar-refractivity contribution in [3.8, 4) is 23.0 Å². The van der Waals surface area contributed by atoms with Crippen LogP contribution in [0.2, 0.25) is 5.02 Å². The highest BCUT2D eigenvalue weighted by Crippen LogP contribution is 2.32. The summed E-state index contributed by atoms with van der Waals surface area (Å²) >= 11 is 9.59. The Morgan fingerprint density at radius 2 is 1.90 bits per heavy atom. The zero-order valence-corrected chi connectivity index (χ0v) is 13.5. The highest BCUT2D eigenvalue weighted by Gasteiger charge is 2.16. The van der Waals surface area contributed by atoms with Crippen LogP contribution in [0.5, 0.6) is 5.88 Å². The molecule has 0 amide bonds. The Morgan fingerprint density at radius 3 is 2.62 bits per heavy atom. The van der Waals surface area contributed by atoms with E-state index < -0.39 is 0 Å². The quantitative estimate of drug-likeness (QED) is 0.693. The molecule has 21 heavy (non-hydrogen) atoms. The number of benzene rings is 1. The van der Waals surface area contributed by atoms with Crippen LogP contribution in [-0.2, 0) is 0 Å². The van der Waals surface area contributed by atoms with E-state index >= 15 is 0 Å². The average molecular weight is 365 g/mol. The van der Waals surface area contributed by atoms with Crippen LogP contribution >= 0.6 is 27.5 Å². The van der Waals surface area contributed by atoms with Crippen molar-refractivity contribution in [3.05, 3.63) is 58.4 Å². The lowest BCUT2D eigenvalue weighted by Crippen LogP contribution is -2.02. The second-order valence-corrected chi connectivity index (χ2v) is 5.54. The van der Waals surface area contributed by atoms with Gasteiger partial charge in [0.05, 0.1) is 18.3 Å². The Kier molecular flexibility index (Phi) is 3.94. The van der Waals surface area contributed by atoms with Gasteiger partial charge in [-0.25, -0.2) is 9.97 Å². The Bertz CT molecular complexity index is 774. The fraction of sp³-hybridized carbons (Fsp3) is 0.0667. The number of ether oxygens (including phenoxy) is 1. The summed E-state index contributed by atoms with van der Waals surface area (Å²) in [7, 11) is 1.58. The molecule has 0 fully saturated rings. The van der Waals surface area contributed by atoms with Crippen LogP contribution in [0, 0.1) is 0 Å². The molecule has 0 aliphatic carbocycles. The minimum atomic E-state index is 0.482. The SMILES string of the molecule is COc1ncc(Cl)cc1-n1c(Br)cnc1-c1ccccc1. The minimum Gasteiger partial charge on any atom is -0.479 e. The molecule has 3 aromatic rings. The molecule has 3 rings (SSSR count). The van der Waals surface area contributed by atoms with Crippen LogP contribution in [0.1, 0.15) is 0 Å². The first-order valence-electron chi connectivity index (χ1n) is 6.19. The lowest BCUT2D eigenvalue weighted by atomic mass is 10.2. The van der Waals surface area contributed by atoms with E-state index in [0.29, 0.717) is 10.9 Å². The van der Waals surface area contributed by atoms with Gasteiger partial charge in [-0.2, -0.15) is 0 Å². The Balaban J connectivity index is 2.24. The largest absolute Gasteiger partial charge is 0.479 e. The van der Waals surface area contributed by atoms with E-state index in [1.54, 1.807) is 25.6 Å². The highest BCUT2D eigenvalue weighted by molar-refractivity contribution is 9.10. The van der Waals surface area contributed by atoms with Crippen molar-refractivity contribution in [1.82, 2.24) is 14.5 Å². The minimum absolute atomic E-state index is 0.482. The van der Waals surface area contributed by atoms with Gasteiger partial charge in [0.25, 0.3) is 0 Å². The maximum Gasteiger partial charge on any atom is 0.238 e. The van der Waals surface area contributed by atoms with Gasteiger partial charge in [0.1, 0.15) is 16.1 Å². The van der Waals surface area contributed by atoms with Gasteiger partial charge < -0.3 is 4.74 Å². The first-order chi connectivity index (χ1) is 10.2. The zero-order chi connectivity index (χ0) is 14.8. The Morgan fingerprint density at radius 1 is 1.14 bits per heavy atom. The van der Waals surface area contributed by atoms with Crippen molar-refractivity contribution in [2.24, 2.45) is 0 Å². The Labute approximate surface area is 135 Å². The number of nitrogens with zero attached hydrogens (tertiary/aromatic N) is 3. The van der Waals surface area contributed by atoms with E-state index in [2.05, 4.69) is 25.9 Å². The number of aromatic nitrogens is 3. The summed E-state index contributed by atoms with van der Waals surface area (Å²) in [4.78, 5) is 8.66. The van der Waals surface area contributed by atoms with E-state index in [1.807, 2.05) is 34.9 Å². The summed E-state index contributed by atoms with van der Waals surface area (Å²) in [6, 6.07) is 11.7. The average Bonchev–Trinajstić information content (AvgIpc) is 2.89. The lowest BCUT2D eigenvalue weighted by Gasteiger charge is -2.13. The van der Waals surface area contributed by atoms with Crippen LogP contribution in [0.3, 0.4) is 0 Å². The number of halogens is 2. The normalized spacial score (nSPS) is 10.6. The third-order valence-corrected chi connectivity index (χ3v) is 3.75. The molecule has 106 valence electrons. The molecule has 0 radical (unpaired) electrons. The standard InChI is InChI=1S/C15H11BrClN3O/c1-21-15-12(7-11(17)8-19-15)20-13(16)9-18-14(20)10-5-3-2-4-6-10/h2-9H,1H3. The van der Waals surface area contributed by atoms with E-state index in [9.17, 15) is 0 Å². The molecule has 6 heteroatoms. The molecule has 4 nitrogen and oxygen atoms in total. The predicted octanol–water partition coefficient (Wildman–Crippen LogP) is 4.36. The summed E-state index contributed by atoms with van der Waals surface area (Å²) in [5, 5.41) is 0.533.